The zero-order valence-electron chi connectivity index (χ0n) is 11.4. The van der Waals surface area contributed by atoms with Crippen molar-refractivity contribution in [3.63, 3.8) is 0 Å². The molecule has 0 aliphatic rings. The molecule has 2 nitrogen and oxygen atoms in total. The maximum atomic E-state index is 13.6. The maximum Gasteiger partial charge on any atom is 0.129 e. The number of aromatic nitrogens is 1. The molecule has 0 saturated carbocycles. The third-order valence-electron chi connectivity index (χ3n) is 3.42. The Morgan fingerprint density at radius 2 is 1.90 bits per heavy atom. The second-order valence-corrected chi connectivity index (χ2v) is 4.82. The van der Waals surface area contributed by atoms with Gasteiger partial charge in [0.25, 0.3) is 0 Å². The lowest BCUT2D eigenvalue weighted by molar-refractivity contribution is 0.500. The standard InChI is InChI=1S/C16H18F2N2/c1-19-15(5-2-12-6-8-20-9-7-12)10-13-3-4-14(17)11-16(13)18/h3-4,6-9,11,15,19H,2,5,10H2,1H3. The molecule has 1 aromatic carbocycles. The first kappa shape index (κ1) is 14.6. The van der Waals surface area contributed by atoms with Gasteiger partial charge in [-0.2, -0.15) is 0 Å². The zero-order chi connectivity index (χ0) is 14.4. The van der Waals surface area contributed by atoms with Crippen LogP contribution in [0, 0.1) is 11.6 Å². The molecule has 0 saturated heterocycles. The van der Waals surface area contributed by atoms with Gasteiger partial charge in [0.2, 0.25) is 0 Å². The quantitative estimate of drug-likeness (QED) is 0.877. The summed E-state index contributed by atoms with van der Waals surface area (Å²) >= 11 is 0. The van der Waals surface area contributed by atoms with Crippen molar-refractivity contribution in [3.8, 4) is 0 Å². The van der Waals surface area contributed by atoms with Crippen LogP contribution < -0.4 is 5.32 Å². The summed E-state index contributed by atoms with van der Waals surface area (Å²) in [5.41, 5.74) is 1.75. The highest BCUT2D eigenvalue weighted by atomic mass is 19.1. The Hall–Kier alpha value is -1.81. The van der Waals surface area contributed by atoms with E-state index >= 15 is 0 Å². The van der Waals surface area contributed by atoms with E-state index in [0.717, 1.165) is 18.9 Å². The number of benzene rings is 1. The predicted octanol–water partition coefficient (Wildman–Crippen LogP) is 3.12. The molecule has 0 amide bonds. The second kappa shape index (κ2) is 7.10. The molecule has 1 aromatic heterocycles. The van der Waals surface area contributed by atoms with Crippen LogP contribution in [0.25, 0.3) is 0 Å². The second-order valence-electron chi connectivity index (χ2n) is 4.82. The van der Waals surface area contributed by atoms with Crippen LogP contribution in [0.15, 0.2) is 42.7 Å². The van der Waals surface area contributed by atoms with Crippen LogP contribution in [-0.2, 0) is 12.8 Å². The summed E-state index contributed by atoms with van der Waals surface area (Å²) in [5.74, 6) is -1.02. The van der Waals surface area contributed by atoms with Gasteiger partial charge < -0.3 is 5.32 Å². The highest BCUT2D eigenvalue weighted by Crippen LogP contribution is 2.14. The molecule has 0 radical (unpaired) electrons. The number of nitrogens with one attached hydrogen (secondary N) is 1. The highest BCUT2D eigenvalue weighted by molar-refractivity contribution is 5.20. The summed E-state index contributed by atoms with van der Waals surface area (Å²) in [4.78, 5) is 3.98. The molecular weight excluding hydrogens is 258 g/mol. The number of pyridine rings is 1. The van der Waals surface area contributed by atoms with E-state index in [9.17, 15) is 8.78 Å². The van der Waals surface area contributed by atoms with Crippen LogP contribution in [0.5, 0.6) is 0 Å². The van der Waals surface area contributed by atoms with Gasteiger partial charge in [-0.25, -0.2) is 8.78 Å². The molecule has 0 aliphatic heterocycles. The Morgan fingerprint density at radius 3 is 2.55 bits per heavy atom. The number of halogens is 2. The van der Waals surface area contributed by atoms with E-state index in [-0.39, 0.29) is 6.04 Å². The van der Waals surface area contributed by atoms with E-state index in [4.69, 9.17) is 0 Å². The first-order valence-corrected chi connectivity index (χ1v) is 6.69. The molecule has 1 unspecified atom stereocenters. The first-order chi connectivity index (χ1) is 9.69. The van der Waals surface area contributed by atoms with Crippen LogP contribution >= 0.6 is 0 Å². The normalized spacial score (nSPS) is 12.3. The molecule has 1 N–H and O–H groups in total. The van der Waals surface area contributed by atoms with Gasteiger partial charge in [0.15, 0.2) is 0 Å². The van der Waals surface area contributed by atoms with Gasteiger partial charge in [0.1, 0.15) is 11.6 Å². The predicted molar refractivity (Wildman–Crippen MR) is 75.5 cm³/mol. The number of nitrogens with zero attached hydrogens (tertiary/aromatic N) is 1. The first-order valence-electron chi connectivity index (χ1n) is 6.69. The van der Waals surface area contributed by atoms with Crippen LogP contribution in [-0.4, -0.2) is 18.1 Å². The van der Waals surface area contributed by atoms with E-state index in [0.29, 0.717) is 12.0 Å². The van der Waals surface area contributed by atoms with Crippen molar-refractivity contribution in [1.82, 2.24) is 10.3 Å². The minimum absolute atomic E-state index is 0.156. The van der Waals surface area contributed by atoms with Crippen LogP contribution in [0.4, 0.5) is 8.78 Å². The molecule has 2 rings (SSSR count). The van der Waals surface area contributed by atoms with Crippen molar-refractivity contribution in [1.29, 1.82) is 0 Å². The highest BCUT2D eigenvalue weighted by Gasteiger charge is 2.11. The molecule has 1 atom stereocenters. The Kier molecular flexibility index (Phi) is 5.18. The fraction of sp³-hybridized carbons (Fsp3) is 0.312. The minimum Gasteiger partial charge on any atom is -0.317 e. The fourth-order valence-corrected chi connectivity index (χ4v) is 2.19. The Bertz CT molecular complexity index is 543. The molecule has 2 aromatic rings. The summed E-state index contributed by atoms with van der Waals surface area (Å²) in [6.45, 7) is 0. The largest absolute Gasteiger partial charge is 0.317 e. The molecule has 0 aliphatic carbocycles. The fourth-order valence-electron chi connectivity index (χ4n) is 2.19. The van der Waals surface area contributed by atoms with Gasteiger partial charge in [-0.05, 0) is 55.6 Å². The van der Waals surface area contributed by atoms with Crippen molar-refractivity contribution in [2.45, 2.75) is 25.3 Å². The molecule has 0 fully saturated rings. The third kappa shape index (κ3) is 4.10. The number of rotatable bonds is 6. The SMILES string of the molecule is CNC(CCc1ccncc1)Cc1ccc(F)cc1F. The van der Waals surface area contributed by atoms with E-state index in [1.165, 1.54) is 17.7 Å². The molecule has 0 spiro atoms. The summed E-state index contributed by atoms with van der Waals surface area (Å²) < 4.78 is 26.5. The summed E-state index contributed by atoms with van der Waals surface area (Å²) in [5, 5.41) is 3.19. The van der Waals surface area contributed by atoms with Crippen molar-refractivity contribution >= 4 is 0 Å². The lowest BCUT2D eigenvalue weighted by Gasteiger charge is -2.16. The number of hydrogen-bond acceptors (Lipinski definition) is 2. The average Bonchev–Trinajstić information content (AvgIpc) is 2.46. The monoisotopic (exact) mass is 276 g/mol. The van der Waals surface area contributed by atoms with Gasteiger partial charge >= 0.3 is 0 Å². The Labute approximate surface area is 117 Å². The van der Waals surface area contributed by atoms with Gasteiger partial charge in [0, 0.05) is 24.5 Å². The Balaban J connectivity index is 1.95. The van der Waals surface area contributed by atoms with Crippen molar-refractivity contribution in [2.24, 2.45) is 0 Å². The minimum atomic E-state index is -0.538. The third-order valence-corrected chi connectivity index (χ3v) is 3.42. The zero-order valence-corrected chi connectivity index (χ0v) is 11.4. The summed E-state index contributed by atoms with van der Waals surface area (Å²) in [7, 11) is 1.86. The molecule has 4 heteroatoms. The Morgan fingerprint density at radius 1 is 1.15 bits per heavy atom. The van der Waals surface area contributed by atoms with E-state index in [1.807, 2.05) is 19.2 Å². The molecule has 1 heterocycles. The molecule has 106 valence electrons. The topological polar surface area (TPSA) is 24.9 Å². The lowest BCUT2D eigenvalue weighted by Crippen LogP contribution is -2.28. The van der Waals surface area contributed by atoms with E-state index in [2.05, 4.69) is 10.3 Å². The van der Waals surface area contributed by atoms with Crippen LogP contribution in [0.3, 0.4) is 0 Å². The van der Waals surface area contributed by atoms with Crippen LogP contribution in [0.1, 0.15) is 17.5 Å². The molecule has 20 heavy (non-hydrogen) atoms. The van der Waals surface area contributed by atoms with Gasteiger partial charge in [-0.1, -0.05) is 6.07 Å². The van der Waals surface area contributed by atoms with E-state index in [1.54, 1.807) is 12.4 Å². The molecule has 0 bridgehead atoms. The maximum absolute atomic E-state index is 13.6. The van der Waals surface area contributed by atoms with Crippen molar-refractivity contribution < 1.29 is 8.78 Å². The van der Waals surface area contributed by atoms with Crippen LogP contribution in [0.2, 0.25) is 0 Å². The molecular formula is C16H18F2N2. The summed E-state index contributed by atoms with van der Waals surface area (Å²) in [6, 6.07) is 7.86. The van der Waals surface area contributed by atoms with Crippen molar-refractivity contribution in [3.05, 3.63) is 65.5 Å². The number of likely N-dealkylation sites (N-methyl/N-ethyl adjacent to an activating group) is 1. The van der Waals surface area contributed by atoms with Gasteiger partial charge in [-0.3, -0.25) is 4.98 Å². The van der Waals surface area contributed by atoms with Gasteiger partial charge in [-0.15, -0.1) is 0 Å². The number of hydrogen-bond donors (Lipinski definition) is 1. The summed E-state index contributed by atoms with van der Waals surface area (Å²) in [6.07, 6.45) is 5.87. The lowest BCUT2D eigenvalue weighted by atomic mass is 9.99. The van der Waals surface area contributed by atoms with Crippen molar-refractivity contribution in [2.75, 3.05) is 7.05 Å². The van der Waals surface area contributed by atoms with Gasteiger partial charge in [0.05, 0.1) is 0 Å². The average molecular weight is 276 g/mol. The van der Waals surface area contributed by atoms with E-state index < -0.39 is 11.6 Å². The smallest absolute Gasteiger partial charge is 0.129 e. The number of aryl methyl sites for hydroxylation is 1.